The van der Waals surface area contributed by atoms with Gasteiger partial charge in [-0.15, -0.1) is 0 Å². The highest BCUT2D eigenvalue weighted by Crippen LogP contribution is 2.35. The maximum Gasteiger partial charge on any atom is 0.115 e. The average molecular weight is 219 g/mol. The second-order valence-corrected chi connectivity index (χ2v) is 4.76. The van der Waals surface area contributed by atoms with Crippen LogP contribution in [0.1, 0.15) is 44.6 Å². The molecule has 1 heterocycles. The van der Waals surface area contributed by atoms with Crippen LogP contribution in [0.15, 0.2) is 24.3 Å². The molecule has 1 aromatic carbocycles. The number of benzene rings is 1. The molecule has 1 atom stereocenters. The number of rotatable bonds is 3. The fraction of sp³-hybridized carbons (Fsp3) is 0.571. The van der Waals surface area contributed by atoms with E-state index in [0.717, 1.165) is 6.54 Å². The Morgan fingerprint density at radius 3 is 2.56 bits per heavy atom. The summed E-state index contributed by atoms with van der Waals surface area (Å²) in [5, 5.41) is 13.0. The smallest absolute Gasteiger partial charge is 0.115 e. The predicted molar refractivity (Wildman–Crippen MR) is 66.5 cm³/mol. The first-order valence-corrected chi connectivity index (χ1v) is 6.31. The quantitative estimate of drug-likeness (QED) is 0.818. The molecule has 0 radical (unpaired) electrons. The van der Waals surface area contributed by atoms with Crippen molar-refractivity contribution in [2.24, 2.45) is 0 Å². The van der Waals surface area contributed by atoms with Crippen LogP contribution in [-0.2, 0) is 5.54 Å². The summed E-state index contributed by atoms with van der Waals surface area (Å²) in [6, 6.07) is 7.71. The van der Waals surface area contributed by atoms with Crippen molar-refractivity contribution >= 4 is 0 Å². The van der Waals surface area contributed by atoms with Gasteiger partial charge in [0.2, 0.25) is 0 Å². The van der Waals surface area contributed by atoms with E-state index in [4.69, 9.17) is 0 Å². The second-order valence-electron chi connectivity index (χ2n) is 4.76. The third-order valence-electron chi connectivity index (χ3n) is 3.59. The minimum Gasteiger partial charge on any atom is -0.508 e. The van der Waals surface area contributed by atoms with Crippen LogP contribution in [-0.4, -0.2) is 11.7 Å². The molecule has 0 spiro atoms. The minimum atomic E-state index is 0.153. The fourth-order valence-electron chi connectivity index (χ4n) is 2.78. The van der Waals surface area contributed by atoms with Gasteiger partial charge in [-0.2, -0.15) is 0 Å². The van der Waals surface area contributed by atoms with Crippen molar-refractivity contribution in [3.05, 3.63) is 29.8 Å². The molecule has 1 aliphatic heterocycles. The second kappa shape index (κ2) is 4.88. The van der Waals surface area contributed by atoms with E-state index in [9.17, 15) is 5.11 Å². The Morgan fingerprint density at radius 1 is 1.25 bits per heavy atom. The van der Waals surface area contributed by atoms with E-state index in [2.05, 4.69) is 24.4 Å². The Labute approximate surface area is 97.7 Å². The standard InChI is InChI=1S/C14H21NO/c1-2-9-14(10-3-4-11-15-14)12-5-7-13(16)8-6-12/h5-8,15-16H,2-4,9-11H2,1H3. The van der Waals surface area contributed by atoms with E-state index in [1.807, 2.05) is 0 Å². The Morgan fingerprint density at radius 2 is 2.00 bits per heavy atom. The van der Waals surface area contributed by atoms with Gasteiger partial charge in [0.05, 0.1) is 0 Å². The number of phenols is 1. The lowest BCUT2D eigenvalue weighted by molar-refractivity contribution is 0.237. The van der Waals surface area contributed by atoms with Crippen molar-refractivity contribution in [3.63, 3.8) is 0 Å². The molecule has 1 aliphatic rings. The van der Waals surface area contributed by atoms with E-state index >= 15 is 0 Å². The molecule has 1 fully saturated rings. The number of hydrogen-bond donors (Lipinski definition) is 2. The van der Waals surface area contributed by atoms with Crippen molar-refractivity contribution in [1.29, 1.82) is 0 Å². The van der Waals surface area contributed by atoms with Crippen LogP contribution in [0.3, 0.4) is 0 Å². The summed E-state index contributed by atoms with van der Waals surface area (Å²) in [5.74, 6) is 0.353. The van der Waals surface area contributed by atoms with Gasteiger partial charge < -0.3 is 10.4 Å². The zero-order chi connectivity index (χ0) is 11.4. The molecule has 0 aromatic heterocycles. The van der Waals surface area contributed by atoms with Crippen molar-refractivity contribution < 1.29 is 5.11 Å². The average Bonchev–Trinajstić information content (AvgIpc) is 2.31. The summed E-state index contributed by atoms with van der Waals surface area (Å²) in [4.78, 5) is 0. The fourth-order valence-corrected chi connectivity index (χ4v) is 2.78. The lowest BCUT2D eigenvalue weighted by Gasteiger charge is -2.39. The van der Waals surface area contributed by atoms with Gasteiger partial charge in [-0.25, -0.2) is 0 Å². The van der Waals surface area contributed by atoms with Gasteiger partial charge in [-0.3, -0.25) is 0 Å². The maximum atomic E-state index is 9.35. The van der Waals surface area contributed by atoms with Crippen molar-refractivity contribution in [2.45, 2.75) is 44.6 Å². The van der Waals surface area contributed by atoms with Crippen LogP contribution in [0, 0.1) is 0 Å². The molecular formula is C14H21NO. The molecule has 2 N–H and O–H groups in total. The molecule has 2 rings (SSSR count). The van der Waals surface area contributed by atoms with Crippen LogP contribution >= 0.6 is 0 Å². The molecule has 0 bridgehead atoms. The monoisotopic (exact) mass is 219 g/mol. The Hall–Kier alpha value is -1.02. The number of aromatic hydroxyl groups is 1. The van der Waals surface area contributed by atoms with Gasteiger partial charge in [0, 0.05) is 5.54 Å². The number of piperidine rings is 1. The van der Waals surface area contributed by atoms with Crippen molar-refractivity contribution in [1.82, 2.24) is 5.32 Å². The Bertz CT molecular complexity index is 320. The summed E-state index contributed by atoms with van der Waals surface area (Å²) < 4.78 is 0. The third-order valence-corrected chi connectivity index (χ3v) is 3.59. The summed E-state index contributed by atoms with van der Waals surface area (Å²) >= 11 is 0. The number of phenolic OH excluding ortho intramolecular Hbond substituents is 1. The van der Waals surface area contributed by atoms with E-state index in [-0.39, 0.29) is 5.54 Å². The molecule has 0 aliphatic carbocycles. The molecule has 0 amide bonds. The van der Waals surface area contributed by atoms with Crippen LogP contribution in [0.4, 0.5) is 0 Å². The molecule has 88 valence electrons. The number of nitrogens with one attached hydrogen (secondary N) is 1. The molecule has 1 saturated heterocycles. The SMILES string of the molecule is CCCC1(c2ccc(O)cc2)CCCCN1. The highest BCUT2D eigenvalue weighted by Gasteiger charge is 2.32. The van der Waals surface area contributed by atoms with Crippen LogP contribution < -0.4 is 5.32 Å². The Kier molecular flexibility index (Phi) is 3.49. The van der Waals surface area contributed by atoms with E-state index in [1.165, 1.54) is 37.7 Å². The van der Waals surface area contributed by atoms with Gasteiger partial charge in [0.25, 0.3) is 0 Å². The highest BCUT2D eigenvalue weighted by molar-refractivity contribution is 5.31. The first kappa shape index (κ1) is 11.5. The van der Waals surface area contributed by atoms with Gasteiger partial charge in [-0.1, -0.05) is 31.9 Å². The van der Waals surface area contributed by atoms with E-state index in [1.54, 1.807) is 12.1 Å². The first-order valence-electron chi connectivity index (χ1n) is 6.31. The molecule has 1 unspecified atom stereocenters. The highest BCUT2D eigenvalue weighted by atomic mass is 16.3. The normalized spacial score (nSPS) is 25.6. The van der Waals surface area contributed by atoms with E-state index in [0.29, 0.717) is 5.75 Å². The lowest BCUT2D eigenvalue weighted by atomic mass is 9.79. The first-order chi connectivity index (χ1) is 7.77. The topological polar surface area (TPSA) is 32.3 Å². The minimum absolute atomic E-state index is 0.153. The maximum absolute atomic E-state index is 9.35. The van der Waals surface area contributed by atoms with Crippen molar-refractivity contribution in [2.75, 3.05) is 6.54 Å². The van der Waals surface area contributed by atoms with Gasteiger partial charge >= 0.3 is 0 Å². The van der Waals surface area contributed by atoms with E-state index < -0.39 is 0 Å². The van der Waals surface area contributed by atoms with Crippen LogP contribution in [0.5, 0.6) is 5.75 Å². The van der Waals surface area contributed by atoms with Crippen molar-refractivity contribution in [3.8, 4) is 5.75 Å². The third kappa shape index (κ3) is 2.22. The molecule has 1 aromatic rings. The summed E-state index contributed by atoms with van der Waals surface area (Å²) in [6.07, 6.45) is 6.16. The molecule has 2 heteroatoms. The van der Waals surface area contributed by atoms with Gasteiger partial charge in [-0.05, 0) is 43.5 Å². The summed E-state index contributed by atoms with van der Waals surface area (Å²) in [6.45, 7) is 3.35. The largest absolute Gasteiger partial charge is 0.508 e. The van der Waals surface area contributed by atoms with Crippen LogP contribution in [0.25, 0.3) is 0 Å². The zero-order valence-electron chi connectivity index (χ0n) is 10.00. The molecule has 2 nitrogen and oxygen atoms in total. The van der Waals surface area contributed by atoms with Gasteiger partial charge in [0.15, 0.2) is 0 Å². The predicted octanol–water partition coefficient (Wildman–Crippen LogP) is 3.16. The van der Waals surface area contributed by atoms with Crippen LogP contribution in [0.2, 0.25) is 0 Å². The molecule has 0 saturated carbocycles. The summed E-state index contributed by atoms with van der Waals surface area (Å²) in [5.41, 5.74) is 1.48. The zero-order valence-corrected chi connectivity index (χ0v) is 10.00. The number of hydrogen-bond acceptors (Lipinski definition) is 2. The molecular weight excluding hydrogens is 198 g/mol. The Balaban J connectivity index is 2.26. The van der Waals surface area contributed by atoms with Gasteiger partial charge in [0.1, 0.15) is 5.75 Å². The lowest BCUT2D eigenvalue weighted by Crippen LogP contribution is -2.45. The molecule has 16 heavy (non-hydrogen) atoms. The summed E-state index contributed by atoms with van der Waals surface area (Å²) in [7, 11) is 0.